The van der Waals surface area contributed by atoms with E-state index in [9.17, 15) is 4.79 Å². The highest BCUT2D eigenvalue weighted by Gasteiger charge is 2.19. The molecule has 0 atom stereocenters. The van der Waals surface area contributed by atoms with E-state index in [-0.39, 0.29) is 12.0 Å². The molecule has 0 bridgehead atoms. The van der Waals surface area contributed by atoms with Gasteiger partial charge in [-0.15, -0.1) is 0 Å². The van der Waals surface area contributed by atoms with Crippen LogP contribution in [-0.2, 0) is 0 Å². The molecule has 1 amide bonds. The second-order valence-corrected chi connectivity index (χ2v) is 6.09. The van der Waals surface area contributed by atoms with Gasteiger partial charge in [-0.05, 0) is 58.7 Å². The van der Waals surface area contributed by atoms with E-state index in [1.165, 1.54) is 0 Å². The minimum Gasteiger partial charge on any atom is -0.490 e. The Morgan fingerprint density at radius 1 is 1.17 bits per heavy atom. The van der Waals surface area contributed by atoms with Crippen LogP contribution in [0.2, 0.25) is 0 Å². The van der Waals surface area contributed by atoms with Gasteiger partial charge in [0.2, 0.25) is 0 Å². The van der Waals surface area contributed by atoms with Crippen molar-refractivity contribution < 1.29 is 9.53 Å². The smallest absolute Gasteiger partial charge is 0.261 e. The Hall–Kier alpha value is -2.36. The number of carbonyl (C=O) groups excluding carboxylic acids is 1. The van der Waals surface area contributed by atoms with Crippen LogP contribution >= 0.6 is 0 Å². The number of rotatable bonds is 4. The van der Waals surface area contributed by atoms with E-state index < -0.39 is 0 Å². The number of nitrogens with one attached hydrogen (secondary N) is 1. The van der Waals surface area contributed by atoms with Crippen molar-refractivity contribution in [2.45, 2.75) is 47.6 Å². The number of amides is 1. The molecule has 4 heteroatoms. The molecule has 4 nitrogen and oxygen atoms in total. The predicted molar refractivity (Wildman–Crippen MR) is 93.3 cm³/mol. The summed E-state index contributed by atoms with van der Waals surface area (Å²) in [5.74, 6) is 0.382. The maximum atomic E-state index is 12.8. The number of pyridine rings is 1. The summed E-state index contributed by atoms with van der Waals surface area (Å²) >= 11 is 0. The zero-order valence-electron chi connectivity index (χ0n) is 14.7. The normalized spacial score (nSPS) is 10.7. The van der Waals surface area contributed by atoms with Crippen LogP contribution in [0, 0.1) is 27.7 Å². The van der Waals surface area contributed by atoms with Crippen molar-refractivity contribution in [2.24, 2.45) is 0 Å². The Balaban J connectivity index is 2.40. The average Bonchev–Trinajstić information content (AvgIpc) is 2.42. The lowest BCUT2D eigenvalue weighted by atomic mass is 10.1. The quantitative estimate of drug-likeness (QED) is 0.913. The van der Waals surface area contributed by atoms with Crippen molar-refractivity contribution in [1.29, 1.82) is 0 Å². The van der Waals surface area contributed by atoms with E-state index in [0.717, 1.165) is 22.5 Å². The van der Waals surface area contributed by atoms with E-state index in [1.54, 1.807) is 0 Å². The highest BCUT2D eigenvalue weighted by molar-refractivity contribution is 6.07. The van der Waals surface area contributed by atoms with Gasteiger partial charge in [0.05, 0.1) is 11.8 Å². The number of ether oxygens (including phenoxy) is 1. The fourth-order valence-corrected chi connectivity index (χ4v) is 2.49. The molecule has 0 unspecified atom stereocenters. The van der Waals surface area contributed by atoms with Crippen LogP contribution in [0.15, 0.2) is 24.3 Å². The first kappa shape index (κ1) is 17.0. The van der Waals surface area contributed by atoms with E-state index in [4.69, 9.17) is 4.74 Å². The number of aryl methyl sites for hydroxylation is 3. The Labute approximate surface area is 137 Å². The predicted octanol–water partition coefficient (Wildman–Crippen LogP) is 4.35. The van der Waals surface area contributed by atoms with E-state index in [1.807, 2.05) is 65.8 Å². The maximum absolute atomic E-state index is 12.8. The van der Waals surface area contributed by atoms with Crippen LogP contribution in [0.25, 0.3) is 0 Å². The van der Waals surface area contributed by atoms with Crippen molar-refractivity contribution in [3.8, 4) is 5.75 Å². The van der Waals surface area contributed by atoms with E-state index >= 15 is 0 Å². The zero-order valence-corrected chi connectivity index (χ0v) is 14.7. The highest BCUT2D eigenvalue weighted by atomic mass is 16.5. The van der Waals surface area contributed by atoms with Gasteiger partial charge in [-0.25, -0.2) is 0 Å². The largest absolute Gasteiger partial charge is 0.490 e. The molecule has 1 aromatic heterocycles. The number of benzene rings is 1. The summed E-state index contributed by atoms with van der Waals surface area (Å²) in [5, 5.41) is 2.98. The van der Waals surface area contributed by atoms with Crippen molar-refractivity contribution in [2.75, 3.05) is 5.32 Å². The van der Waals surface area contributed by atoms with Gasteiger partial charge in [0.1, 0.15) is 11.3 Å². The molecule has 1 aromatic carbocycles. The van der Waals surface area contributed by atoms with E-state index in [0.29, 0.717) is 17.0 Å². The summed E-state index contributed by atoms with van der Waals surface area (Å²) < 4.78 is 5.82. The molecular weight excluding hydrogens is 288 g/mol. The fourth-order valence-electron chi connectivity index (χ4n) is 2.49. The molecule has 0 radical (unpaired) electrons. The Morgan fingerprint density at radius 2 is 1.87 bits per heavy atom. The van der Waals surface area contributed by atoms with Crippen LogP contribution in [-0.4, -0.2) is 17.0 Å². The monoisotopic (exact) mass is 312 g/mol. The summed E-state index contributed by atoms with van der Waals surface area (Å²) in [4.78, 5) is 17.2. The SMILES string of the molecule is Cc1cc(OC(C)C)c(C(=O)Nc2cccc(C)c2C)c(C)n1. The molecule has 1 heterocycles. The van der Waals surface area contributed by atoms with Crippen molar-refractivity contribution >= 4 is 11.6 Å². The second-order valence-electron chi connectivity index (χ2n) is 6.09. The molecule has 23 heavy (non-hydrogen) atoms. The van der Waals surface area contributed by atoms with Crippen molar-refractivity contribution in [3.63, 3.8) is 0 Å². The van der Waals surface area contributed by atoms with Gasteiger partial charge in [0.15, 0.2) is 0 Å². The molecule has 2 aromatic rings. The summed E-state index contributed by atoms with van der Waals surface area (Å²) in [6, 6.07) is 7.67. The van der Waals surface area contributed by atoms with Crippen LogP contribution < -0.4 is 10.1 Å². The van der Waals surface area contributed by atoms with Gasteiger partial charge < -0.3 is 10.1 Å². The Kier molecular flexibility index (Phi) is 5.04. The first-order chi connectivity index (χ1) is 10.8. The maximum Gasteiger partial charge on any atom is 0.261 e. The van der Waals surface area contributed by atoms with Gasteiger partial charge in [0.25, 0.3) is 5.91 Å². The number of aromatic nitrogens is 1. The standard InChI is InChI=1S/C19H24N2O2/c1-11(2)23-17-10-13(4)20-15(6)18(17)19(22)21-16-9-7-8-12(3)14(16)5/h7-11H,1-6H3,(H,21,22). The average molecular weight is 312 g/mol. The van der Waals surface area contributed by atoms with Crippen LogP contribution in [0.4, 0.5) is 5.69 Å². The van der Waals surface area contributed by atoms with Gasteiger partial charge in [-0.1, -0.05) is 12.1 Å². The molecule has 0 saturated heterocycles. The number of hydrogen-bond acceptors (Lipinski definition) is 3. The first-order valence-electron chi connectivity index (χ1n) is 7.82. The van der Waals surface area contributed by atoms with Gasteiger partial charge in [0, 0.05) is 17.4 Å². The lowest BCUT2D eigenvalue weighted by Gasteiger charge is -2.17. The van der Waals surface area contributed by atoms with Gasteiger partial charge in [-0.3, -0.25) is 9.78 Å². The molecule has 0 fully saturated rings. The number of nitrogens with zero attached hydrogens (tertiary/aromatic N) is 1. The van der Waals surface area contributed by atoms with Crippen LogP contribution in [0.1, 0.15) is 46.7 Å². The summed E-state index contributed by atoms with van der Waals surface area (Å²) in [6.45, 7) is 11.6. The summed E-state index contributed by atoms with van der Waals surface area (Å²) in [6.07, 6.45) is -0.0107. The molecule has 0 aliphatic heterocycles. The lowest BCUT2D eigenvalue weighted by Crippen LogP contribution is -2.19. The molecule has 0 aliphatic rings. The third-order valence-electron chi connectivity index (χ3n) is 3.73. The number of anilines is 1. The molecule has 1 N–H and O–H groups in total. The van der Waals surface area contributed by atoms with Crippen LogP contribution in [0.3, 0.4) is 0 Å². The second kappa shape index (κ2) is 6.82. The topological polar surface area (TPSA) is 51.2 Å². The molecule has 122 valence electrons. The van der Waals surface area contributed by atoms with Crippen molar-refractivity contribution in [3.05, 3.63) is 52.3 Å². The molecule has 0 aliphatic carbocycles. The Bertz CT molecular complexity index is 736. The molecule has 0 spiro atoms. The van der Waals surface area contributed by atoms with Gasteiger partial charge in [-0.2, -0.15) is 0 Å². The lowest BCUT2D eigenvalue weighted by molar-refractivity contribution is 0.102. The minimum absolute atomic E-state index is 0.0107. The minimum atomic E-state index is -0.195. The summed E-state index contributed by atoms with van der Waals surface area (Å²) in [7, 11) is 0. The van der Waals surface area contributed by atoms with E-state index in [2.05, 4.69) is 10.3 Å². The molecule has 0 saturated carbocycles. The highest BCUT2D eigenvalue weighted by Crippen LogP contribution is 2.26. The summed E-state index contributed by atoms with van der Waals surface area (Å²) in [5.41, 5.74) is 5.01. The third-order valence-corrected chi connectivity index (χ3v) is 3.73. The number of carbonyl (C=O) groups is 1. The number of hydrogen-bond donors (Lipinski definition) is 1. The van der Waals surface area contributed by atoms with Crippen molar-refractivity contribution in [1.82, 2.24) is 4.98 Å². The third kappa shape index (κ3) is 3.89. The van der Waals surface area contributed by atoms with Gasteiger partial charge >= 0.3 is 0 Å². The zero-order chi connectivity index (χ0) is 17.1. The first-order valence-corrected chi connectivity index (χ1v) is 7.82. The molecular formula is C19H24N2O2. The van der Waals surface area contributed by atoms with Crippen LogP contribution in [0.5, 0.6) is 5.75 Å². The fraction of sp³-hybridized carbons (Fsp3) is 0.368. The molecule has 2 rings (SSSR count). The Morgan fingerprint density at radius 3 is 2.52 bits per heavy atom.